The molecule has 0 aromatic carbocycles. The largest absolute Gasteiger partial charge is 0.409 e. The van der Waals surface area contributed by atoms with E-state index in [-0.39, 0.29) is 6.04 Å². The van der Waals surface area contributed by atoms with E-state index >= 15 is 0 Å². The van der Waals surface area contributed by atoms with Gasteiger partial charge in [0.1, 0.15) is 0 Å². The summed E-state index contributed by atoms with van der Waals surface area (Å²) in [7, 11) is 0. The summed E-state index contributed by atoms with van der Waals surface area (Å²) in [5.41, 5.74) is 5.67. The summed E-state index contributed by atoms with van der Waals surface area (Å²) in [5.74, 6) is 0.312. The van der Waals surface area contributed by atoms with E-state index in [1.807, 2.05) is 6.92 Å². The van der Waals surface area contributed by atoms with E-state index in [2.05, 4.69) is 19.9 Å². The molecule has 3 N–H and O–H groups in total. The number of amidine groups is 1. The molecule has 0 bridgehead atoms. The molecular formula is C14H29N5O. The van der Waals surface area contributed by atoms with Crippen LogP contribution in [0.15, 0.2) is 5.16 Å². The molecule has 20 heavy (non-hydrogen) atoms. The standard InChI is InChI=1S/C14H29N5O/c1-13(14(15)16-20)19-11-9-18(10-12-19)8-4-7-17-5-2-3-6-17/h13,20H,2-12H2,1H3,(H2,15,16). The SMILES string of the molecule is CC(C(N)=NO)N1CCN(CCCN2CCCC2)CC1. The van der Waals surface area contributed by atoms with Gasteiger partial charge in [-0.15, -0.1) is 0 Å². The van der Waals surface area contributed by atoms with Gasteiger partial charge in [-0.1, -0.05) is 5.16 Å². The van der Waals surface area contributed by atoms with Crippen LogP contribution in [0.1, 0.15) is 26.2 Å². The summed E-state index contributed by atoms with van der Waals surface area (Å²) < 4.78 is 0. The van der Waals surface area contributed by atoms with E-state index in [0.717, 1.165) is 26.2 Å². The predicted molar refractivity (Wildman–Crippen MR) is 81.2 cm³/mol. The van der Waals surface area contributed by atoms with Crippen LogP contribution in [0, 0.1) is 0 Å². The number of piperazine rings is 1. The topological polar surface area (TPSA) is 68.3 Å². The van der Waals surface area contributed by atoms with Crippen LogP contribution in [0.4, 0.5) is 0 Å². The first-order valence-corrected chi connectivity index (χ1v) is 7.87. The second-order valence-corrected chi connectivity index (χ2v) is 5.98. The third kappa shape index (κ3) is 4.33. The third-order valence-electron chi connectivity index (χ3n) is 4.65. The third-order valence-corrected chi connectivity index (χ3v) is 4.65. The molecule has 0 radical (unpaired) electrons. The van der Waals surface area contributed by atoms with Crippen LogP contribution in [0.25, 0.3) is 0 Å². The minimum absolute atomic E-state index is 0.0340. The Kier molecular flexibility index (Phi) is 6.06. The van der Waals surface area contributed by atoms with Crippen molar-refractivity contribution in [3.63, 3.8) is 0 Å². The second-order valence-electron chi connectivity index (χ2n) is 5.98. The summed E-state index contributed by atoms with van der Waals surface area (Å²) in [6, 6.07) is 0.0340. The fourth-order valence-corrected chi connectivity index (χ4v) is 3.17. The molecule has 2 aliphatic heterocycles. The number of nitrogens with two attached hydrogens (primary N) is 1. The highest BCUT2D eigenvalue weighted by atomic mass is 16.4. The molecule has 0 amide bonds. The van der Waals surface area contributed by atoms with Crippen LogP contribution in [0.2, 0.25) is 0 Å². The van der Waals surface area contributed by atoms with Gasteiger partial charge in [0, 0.05) is 26.2 Å². The number of likely N-dealkylation sites (tertiary alicyclic amines) is 1. The van der Waals surface area contributed by atoms with Gasteiger partial charge in [-0.05, 0) is 52.4 Å². The average molecular weight is 283 g/mol. The lowest BCUT2D eigenvalue weighted by Gasteiger charge is -2.37. The van der Waals surface area contributed by atoms with Gasteiger partial charge in [-0.3, -0.25) is 4.90 Å². The Hall–Kier alpha value is -0.850. The zero-order valence-electron chi connectivity index (χ0n) is 12.7. The number of hydrogen-bond acceptors (Lipinski definition) is 5. The molecule has 0 saturated carbocycles. The Bertz CT molecular complexity index is 309. The molecule has 2 heterocycles. The van der Waals surface area contributed by atoms with Gasteiger partial charge >= 0.3 is 0 Å². The Balaban J connectivity index is 1.61. The number of rotatable bonds is 6. The highest BCUT2D eigenvalue weighted by molar-refractivity contribution is 5.84. The van der Waals surface area contributed by atoms with Gasteiger partial charge in [-0.2, -0.15) is 0 Å². The predicted octanol–water partition coefficient (Wildman–Crippen LogP) is 0.225. The Labute approximate surface area is 122 Å². The molecule has 6 heteroatoms. The van der Waals surface area contributed by atoms with Crippen LogP contribution >= 0.6 is 0 Å². The molecular weight excluding hydrogens is 254 g/mol. The highest BCUT2D eigenvalue weighted by Gasteiger charge is 2.23. The van der Waals surface area contributed by atoms with Crippen molar-refractivity contribution in [2.75, 3.05) is 52.4 Å². The highest BCUT2D eigenvalue weighted by Crippen LogP contribution is 2.10. The first-order chi connectivity index (χ1) is 9.70. The minimum atomic E-state index is 0.0340. The van der Waals surface area contributed by atoms with Gasteiger partial charge in [0.15, 0.2) is 5.84 Å². The van der Waals surface area contributed by atoms with Crippen molar-refractivity contribution >= 4 is 5.84 Å². The van der Waals surface area contributed by atoms with E-state index in [4.69, 9.17) is 10.9 Å². The maximum atomic E-state index is 8.73. The van der Waals surface area contributed by atoms with Gasteiger partial charge in [-0.25, -0.2) is 0 Å². The molecule has 0 aromatic rings. The van der Waals surface area contributed by atoms with Gasteiger partial charge in [0.25, 0.3) is 0 Å². The first kappa shape index (κ1) is 15.5. The van der Waals surface area contributed by atoms with E-state index in [9.17, 15) is 0 Å². The summed E-state index contributed by atoms with van der Waals surface area (Å²) in [5, 5.41) is 11.8. The van der Waals surface area contributed by atoms with Gasteiger partial charge in [0.2, 0.25) is 0 Å². The van der Waals surface area contributed by atoms with Gasteiger partial charge in [0.05, 0.1) is 6.04 Å². The van der Waals surface area contributed by atoms with E-state index < -0.39 is 0 Å². The summed E-state index contributed by atoms with van der Waals surface area (Å²) >= 11 is 0. The normalized spacial score (nSPS) is 25.1. The Morgan fingerprint density at radius 1 is 1.05 bits per heavy atom. The number of hydrogen-bond donors (Lipinski definition) is 2. The fourth-order valence-electron chi connectivity index (χ4n) is 3.17. The van der Waals surface area contributed by atoms with Crippen molar-refractivity contribution in [1.82, 2.24) is 14.7 Å². The van der Waals surface area contributed by atoms with Crippen molar-refractivity contribution in [3.05, 3.63) is 0 Å². The molecule has 116 valence electrons. The smallest absolute Gasteiger partial charge is 0.156 e. The van der Waals surface area contributed by atoms with E-state index in [1.54, 1.807) is 0 Å². The zero-order valence-corrected chi connectivity index (χ0v) is 12.7. The maximum absolute atomic E-state index is 8.73. The summed E-state index contributed by atoms with van der Waals surface area (Å²) in [4.78, 5) is 7.40. The number of oxime groups is 1. The van der Waals surface area contributed by atoms with Crippen molar-refractivity contribution in [2.45, 2.75) is 32.2 Å². The molecule has 1 unspecified atom stereocenters. The lowest BCUT2D eigenvalue weighted by atomic mass is 10.2. The molecule has 2 saturated heterocycles. The Morgan fingerprint density at radius 2 is 1.60 bits per heavy atom. The van der Waals surface area contributed by atoms with Crippen LogP contribution < -0.4 is 5.73 Å². The first-order valence-electron chi connectivity index (χ1n) is 7.87. The lowest BCUT2D eigenvalue weighted by molar-refractivity contribution is 0.117. The molecule has 6 nitrogen and oxygen atoms in total. The second kappa shape index (κ2) is 7.81. The van der Waals surface area contributed by atoms with Crippen molar-refractivity contribution in [2.24, 2.45) is 10.9 Å². The molecule has 2 fully saturated rings. The van der Waals surface area contributed by atoms with Crippen molar-refractivity contribution < 1.29 is 5.21 Å². The average Bonchev–Trinajstić information content (AvgIpc) is 2.99. The quantitative estimate of drug-likeness (QED) is 0.316. The molecule has 0 aromatic heterocycles. The monoisotopic (exact) mass is 283 g/mol. The summed E-state index contributed by atoms with van der Waals surface area (Å²) in [6.07, 6.45) is 4.03. The molecule has 0 aliphatic carbocycles. The minimum Gasteiger partial charge on any atom is -0.409 e. The summed E-state index contributed by atoms with van der Waals surface area (Å²) in [6.45, 7) is 11.2. The molecule has 0 spiro atoms. The zero-order chi connectivity index (χ0) is 14.4. The van der Waals surface area contributed by atoms with Crippen LogP contribution in [0.3, 0.4) is 0 Å². The van der Waals surface area contributed by atoms with E-state index in [1.165, 1.54) is 45.4 Å². The van der Waals surface area contributed by atoms with Crippen LogP contribution in [-0.4, -0.2) is 84.1 Å². The maximum Gasteiger partial charge on any atom is 0.156 e. The molecule has 1 atom stereocenters. The van der Waals surface area contributed by atoms with Crippen LogP contribution in [0.5, 0.6) is 0 Å². The van der Waals surface area contributed by atoms with Crippen molar-refractivity contribution in [3.8, 4) is 0 Å². The lowest BCUT2D eigenvalue weighted by Crippen LogP contribution is -2.53. The number of nitrogens with zero attached hydrogens (tertiary/aromatic N) is 4. The molecule has 2 rings (SSSR count). The fraction of sp³-hybridized carbons (Fsp3) is 0.929. The van der Waals surface area contributed by atoms with Crippen molar-refractivity contribution in [1.29, 1.82) is 0 Å². The molecule has 2 aliphatic rings. The van der Waals surface area contributed by atoms with Crippen LogP contribution in [-0.2, 0) is 0 Å². The Morgan fingerprint density at radius 3 is 2.15 bits per heavy atom. The van der Waals surface area contributed by atoms with Gasteiger partial charge < -0.3 is 20.7 Å². The van der Waals surface area contributed by atoms with E-state index in [0.29, 0.717) is 5.84 Å².